The summed E-state index contributed by atoms with van der Waals surface area (Å²) in [6.07, 6.45) is 0. The van der Waals surface area contributed by atoms with Crippen molar-refractivity contribution in [1.29, 1.82) is 0 Å². The maximum Gasteiger partial charge on any atom is 0.351 e. The Morgan fingerprint density at radius 3 is 0.375 bits per heavy atom. The van der Waals surface area contributed by atoms with Gasteiger partial charge in [0.15, 0.2) is 29.8 Å². The van der Waals surface area contributed by atoms with Crippen LogP contribution >= 0.6 is 0 Å². The second-order valence-corrected chi connectivity index (χ2v) is 2.96. The van der Waals surface area contributed by atoms with Crippen molar-refractivity contribution in [3.05, 3.63) is 0 Å². The molecule has 0 bridgehead atoms. The molecule has 5 N–H and O–H groups in total. The van der Waals surface area contributed by atoms with Gasteiger partial charge in [0.1, 0.15) is 0 Å². The molecular weight excluding hydrogens is 548 g/mol. The third kappa shape index (κ3) is 63.6. The van der Waals surface area contributed by atoms with Crippen LogP contribution in [-0.2, 0) is 82.4 Å². The van der Waals surface area contributed by atoms with Crippen LogP contribution in [0.5, 0.6) is 0 Å². The van der Waals surface area contributed by atoms with Gasteiger partial charge in [-0.15, -0.1) is 0 Å². The number of hydrogen-bond acceptors (Lipinski definition) is 15. The third-order valence-electron chi connectivity index (χ3n) is 0.873. The van der Waals surface area contributed by atoms with Crippen LogP contribution in [0.1, 0.15) is 0 Å². The topological polar surface area (TPSA) is 387 Å². The molecule has 0 aliphatic heterocycles. The Morgan fingerprint density at radius 1 is 0.344 bits per heavy atom. The fraction of sp³-hybridized carbons (Fsp3) is 0. The Labute approximate surface area is 193 Å². The second-order valence-electron chi connectivity index (χ2n) is 2.96. The van der Waals surface area contributed by atoms with Gasteiger partial charge in [-0.2, -0.15) is 0 Å². The quantitative estimate of drug-likeness (QED) is 0.137. The Hall–Kier alpha value is -4.25. The monoisotopic (exact) mass is 553 g/mol. The Morgan fingerprint density at radius 2 is 0.375 bits per heavy atom. The van der Waals surface area contributed by atoms with Crippen molar-refractivity contribution < 1.29 is 133 Å². The molecule has 0 aromatic heterocycles. The Bertz CT molecular complexity index is 510. The molecule has 0 radical (unpaired) electrons. The average Bonchev–Trinajstić information content (AvgIpc) is 2.56. The predicted molar refractivity (Wildman–Crippen MR) is 63.2 cm³/mol. The average molecular weight is 553 g/mol. The van der Waals surface area contributed by atoms with Gasteiger partial charge in [-0.05, 0) is 0 Å². The first-order chi connectivity index (χ1) is 13.2. The molecule has 0 fully saturated rings. The predicted octanol–water partition coefficient (Wildman–Crippen LogP) is -10.9. The molecule has 0 saturated carbocycles. The summed E-state index contributed by atoms with van der Waals surface area (Å²) < 4.78 is 0. The Kier molecular flexibility index (Phi) is 38.6. The minimum Gasteiger partial charge on any atom is -0.539 e. The van der Waals surface area contributed by atoms with Crippen molar-refractivity contribution in [2.45, 2.75) is 0 Å². The van der Waals surface area contributed by atoms with Gasteiger partial charge in [-0.1, -0.05) is 0 Å². The van der Waals surface area contributed by atoms with Gasteiger partial charge in [-0.25, -0.2) is 24.0 Å². The van der Waals surface area contributed by atoms with Gasteiger partial charge in [0.25, 0.3) is 0 Å². The number of aliphatic carboxylic acids is 10. The van der Waals surface area contributed by atoms with Crippen molar-refractivity contribution in [3.63, 3.8) is 0 Å². The van der Waals surface area contributed by atoms with E-state index in [4.69, 9.17) is 99.0 Å². The van der Waals surface area contributed by atoms with Crippen molar-refractivity contribution in [2.75, 3.05) is 0 Å². The van der Waals surface area contributed by atoms with Crippen molar-refractivity contribution in [3.8, 4) is 0 Å². The number of carboxylic acid groups (broad SMARTS) is 10. The molecule has 0 aliphatic rings. The third-order valence-corrected chi connectivity index (χ3v) is 0.873. The molecule has 0 aromatic carbocycles. The molecule has 0 aliphatic carbocycles. The molecular formula is C10H5CrFeO20-5. The van der Waals surface area contributed by atoms with Gasteiger partial charge in [0.05, 0.1) is 0 Å². The minimum absolute atomic E-state index is 0. The maximum atomic E-state index is 9.04. The van der Waals surface area contributed by atoms with E-state index in [0.717, 1.165) is 0 Å². The molecule has 184 valence electrons. The standard InChI is InChI=1S/5C2H2O4.Cr.Fe/c5*3-1(4)2(5)6;;/h5*(H,3,4)(H,5,6);;/p-5. The van der Waals surface area contributed by atoms with Gasteiger partial charge in [-0.3, -0.25) is 0 Å². The van der Waals surface area contributed by atoms with Crippen molar-refractivity contribution in [2.24, 2.45) is 0 Å². The molecule has 20 nitrogen and oxygen atoms in total. The summed E-state index contributed by atoms with van der Waals surface area (Å²) >= 11 is 0. The van der Waals surface area contributed by atoms with E-state index in [-0.39, 0.29) is 34.4 Å². The molecule has 0 rings (SSSR count). The number of carbonyl (C=O) groups excluding carboxylic acids is 5. The van der Waals surface area contributed by atoms with Gasteiger partial charge < -0.3 is 75.0 Å². The molecule has 0 spiro atoms. The molecule has 0 aromatic rings. The van der Waals surface area contributed by atoms with Crippen LogP contribution in [0.15, 0.2) is 0 Å². The van der Waals surface area contributed by atoms with E-state index in [1.165, 1.54) is 0 Å². The molecule has 0 atom stereocenters. The second kappa shape index (κ2) is 26.8. The zero-order valence-corrected chi connectivity index (χ0v) is 16.5. The smallest absolute Gasteiger partial charge is 0.351 e. The van der Waals surface area contributed by atoms with Crippen LogP contribution in [0.4, 0.5) is 0 Å². The first-order valence-corrected chi connectivity index (χ1v) is 5.43. The van der Waals surface area contributed by atoms with Gasteiger partial charge in [0.2, 0.25) is 0 Å². The van der Waals surface area contributed by atoms with Crippen LogP contribution in [0.3, 0.4) is 0 Å². The number of rotatable bonds is 0. The summed E-state index contributed by atoms with van der Waals surface area (Å²) in [5.74, 6) is -20.0. The van der Waals surface area contributed by atoms with E-state index in [1.54, 1.807) is 0 Å². The van der Waals surface area contributed by atoms with Gasteiger partial charge in [0, 0.05) is 34.4 Å². The first-order valence-electron chi connectivity index (χ1n) is 5.43. The summed E-state index contributed by atoms with van der Waals surface area (Å²) in [4.78, 5) is 90.1. The summed E-state index contributed by atoms with van der Waals surface area (Å²) in [6.45, 7) is 0. The zero-order valence-electron chi connectivity index (χ0n) is 14.1. The molecule has 0 heterocycles. The van der Waals surface area contributed by atoms with E-state index < -0.39 is 59.7 Å². The van der Waals surface area contributed by atoms with E-state index in [9.17, 15) is 0 Å². The van der Waals surface area contributed by atoms with Crippen LogP contribution < -0.4 is 25.5 Å². The van der Waals surface area contributed by atoms with Crippen molar-refractivity contribution in [1.82, 2.24) is 0 Å². The fourth-order valence-electron chi connectivity index (χ4n) is 0. The molecule has 22 heteroatoms. The van der Waals surface area contributed by atoms with Crippen LogP contribution in [-0.4, -0.2) is 85.2 Å². The maximum absolute atomic E-state index is 9.04. The number of hydrogen-bond donors (Lipinski definition) is 5. The largest absolute Gasteiger partial charge is 0.539 e. The molecule has 32 heavy (non-hydrogen) atoms. The fourth-order valence-corrected chi connectivity index (χ4v) is 0. The number of carbonyl (C=O) groups is 10. The van der Waals surface area contributed by atoms with Crippen LogP contribution in [0.2, 0.25) is 0 Å². The summed E-state index contributed by atoms with van der Waals surface area (Å²) in [7, 11) is 0. The van der Waals surface area contributed by atoms with Crippen LogP contribution in [0, 0.1) is 0 Å². The minimum atomic E-state index is -2.07. The van der Waals surface area contributed by atoms with Crippen molar-refractivity contribution >= 4 is 59.7 Å². The van der Waals surface area contributed by atoms with E-state index >= 15 is 0 Å². The van der Waals surface area contributed by atoms with Crippen LogP contribution in [0.25, 0.3) is 0 Å². The normalized spacial score (nSPS) is 6.88. The molecule has 0 unspecified atom stereocenters. The van der Waals surface area contributed by atoms with Gasteiger partial charge >= 0.3 is 29.8 Å². The SMILES string of the molecule is O=C([O-])C(=O)O.O=C([O-])C(=O)O.O=C([O-])C(=O)O.O=C([O-])C(=O)O.O=C([O-])C(=O)O.[Cr].[Fe]. The number of carboxylic acids is 10. The molecule has 0 saturated heterocycles. The summed E-state index contributed by atoms with van der Waals surface area (Å²) in [6, 6.07) is 0. The zero-order chi connectivity index (χ0) is 25.8. The van der Waals surface area contributed by atoms with E-state index in [1.807, 2.05) is 0 Å². The van der Waals surface area contributed by atoms with E-state index in [2.05, 4.69) is 0 Å². The van der Waals surface area contributed by atoms with E-state index in [0.29, 0.717) is 0 Å². The summed E-state index contributed by atoms with van der Waals surface area (Å²) in [5, 5.41) is 81.6. The summed E-state index contributed by atoms with van der Waals surface area (Å²) in [5.41, 5.74) is 0. The first kappa shape index (κ1) is 46.1. The Balaban J connectivity index is -0.0000000481. The molecule has 0 amide bonds.